The second kappa shape index (κ2) is 5.22. The molecule has 2 N–H and O–H groups in total. The maximum Gasteiger partial charge on any atom is 0.205 e. The average Bonchev–Trinajstić information content (AvgIpc) is 2.98. The lowest BCUT2D eigenvalue weighted by atomic mass is 10.2. The fourth-order valence-electron chi connectivity index (χ4n) is 1.82. The molecule has 0 aliphatic heterocycles. The van der Waals surface area contributed by atoms with Crippen molar-refractivity contribution in [2.75, 3.05) is 5.01 Å². The van der Waals surface area contributed by atoms with Gasteiger partial charge in [0.2, 0.25) is 5.13 Å². The van der Waals surface area contributed by atoms with Crippen molar-refractivity contribution < 1.29 is 0 Å². The molecule has 0 aliphatic rings. The summed E-state index contributed by atoms with van der Waals surface area (Å²) in [5.41, 5.74) is 2.98. The molecule has 0 aliphatic carbocycles. The van der Waals surface area contributed by atoms with Crippen molar-refractivity contribution in [3.05, 3.63) is 66.0 Å². The zero-order chi connectivity index (χ0) is 13.1. The van der Waals surface area contributed by atoms with Crippen molar-refractivity contribution in [1.82, 2.24) is 4.98 Å². The number of hydrogen-bond donors (Lipinski definition) is 1. The fourth-order valence-corrected chi connectivity index (χ4v) is 2.59. The standard InChI is InChI=1S/C15H13N3S/c16-18(13-9-5-2-6-10-13)15-17-14(11-19-15)12-7-3-1-4-8-12/h1-11H,16H2. The summed E-state index contributed by atoms with van der Waals surface area (Å²) in [6.07, 6.45) is 0. The molecule has 0 radical (unpaired) electrons. The summed E-state index contributed by atoms with van der Waals surface area (Å²) in [6, 6.07) is 19.9. The summed E-state index contributed by atoms with van der Waals surface area (Å²) in [6.45, 7) is 0. The van der Waals surface area contributed by atoms with Gasteiger partial charge in [0, 0.05) is 10.9 Å². The van der Waals surface area contributed by atoms with Crippen LogP contribution in [0.1, 0.15) is 0 Å². The van der Waals surface area contributed by atoms with Crippen molar-refractivity contribution in [3.63, 3.8) is 0 Å². The number of hydrogen-bond acceptors (Lipinski definition) is 4. The molecule has 4 heteroatoms. The number of aromatic nitrogens is 1. The van der Waals surface area contributed by atoms with E-state index in [2.05, 4.69) is 4.98 Å². The first-order valence-electron chi connectivity index (χ1n) is 5.95. The maximum atomic E-state index is 6.09. The van der Waals surface area contributed by atoms with Crippen molar-refractivity contribution in [3.8, 4) is 11.3 Å². The Morgan fingerprint density at radius 3 is 2.21 bits per heavy atom. The van der Waals surface area contributed by atoms with Crippen LogP contribution in [0.2, 0.25) is 0 Å². The normalized spacial score (nSPS) is 10.4. The zero-order valence-corrected chi connectivity index (χ0v) is 11.0. The molecule has 94 valence electrons. The van der Waals surface area contributed by atoms with Crippen LogP contribution in [-0.4, -0.2) is 4.98 Å². The predicted octanol–water partition coefficient (Wildman–Crippen LogP) is 3.82. The molecule has 0 bridgehead atoms. The van der Waals surface area contributed by atoms with E-state index in [4.69, 9.17) is 5.84 Å². The molecule has 3 nitrogen and oxygen atoms in total. The summed E-state index contributed by atoms with van der Waals surface area (Å²) in [5, 5.41) is 4.41. The van der Waals surface area contributed by atoms with E-state index in [0.29, 0.717) is 0 Å². The number of anilines is 2. The smallest absolute Gasteiger partial charge is 0.205 e. The van der Waals surface area contributed by atoms with Crippen molar-refractivity contribution in [2.45, 2.75) is 0 Å². The number of para-hydroxylation sites is 1. The van der Waals surface area contributed by atoms with Gasteiger partial charge in [-0.25, -0.2) is 10.8 Å². The minimum Gasteiger partial charge on any atom is -0.254 e. The topological polar surface area (TPSA) is 42.1 Å². The van der Waals surface area contributed by atoms with Crippen LogP contribution < -0.4 is 10.9 Å². The average molecular weight is 267 g/mol. The first-order valence-corrected chi connectivity index (χ1v) is 6.83. The van der Waals surface area contributed by atoms with Gasteiger partial charge in [-0.05, 0) is 12.1 Å². The van der Waals surface area contributed by atoms with Crippen molar-refractivity contribution >= 4 is 22.2 Å². The Kier molecular flexibility index (Phi) is 3.27. The molecule has 0 saturated carbocycles. The molecule has 1 aromatic heterocycles. The number of nitrogens with two attached hydrogens (primary N) is 1. The Hall–Kier alpha value is -2.17. The van der Waals surface area contributed by atoms with Crippen LogP contribution >= 0.6 is 11.3 Å². The summed E-state index contributed by atoms with van der Waals surface area (Å²) >= 11 is 1.54. The van der Waals surface area contributed by atoms with Gasteiger partial charge < -0.3 is 0 Å². The number of thiazole rings is 1. The van der Waals surface area contributed by atoms with Crippen LogP contribution in [0.5, 0.6) is 0 Å². The van der Waals surface area contributed by atoms with Crippen molar-refractivity contribution in [1.29, 1.82) is 0 Å². The van der Waals surface area contributed by atoms with Crippen LogP contribution in [0.15, 0.2) is 66.0 Å². The molecule has 3 aromatic rings. The van der Waals surface area contributed by atoms with Gasteiger partial charge in [0.15, 0.2) is 0 Å². The van der Waals surface area contributed by atoms with Gasteiger partial charge in [-0.2, -0.15) is 0 Å². The number of hydrazine groups is 1. The molecule has 0 atom stereocenters. The summed E-state index contributed by atoms with van der Waals surface area (Å²) in [4.78, 5) is 4.58. The quantitative estimate of drug-likeness (QED) is 0.579. The molecule has 1 heterocycles. The van der Waals surface area contributed by atoms with Gasteiger partial charge >= 0.3 is 0 Å². The highest BCUT2D eigenvalue weighted by molar-refractivity contribution is 7.14. The lowest BCUT2D eigenvalue weighted by Gasteiger charge is -2.14. The highest BCUT2D eigenvalue weighted by Gasteiger charge is 2.10. The fraction of sp³-hybridized carbons (Fsp3) is 0. The Bertz CT molecular complexity index is 649. The molecular weight excluding hydrogens is 254 g/mol. The first kappa shape index (κ1) is 11.9. The molecule has 0 unspecified atom stereocenters. The van der Waals surface area contributed by atoms with Crippen LogP contribution in [0.25, 0.3) is 11.3 Å². The molecule has 0 saturated heterocycles. The van der Waals surface area contributed by atoms with Gasteiger partial charge in [-0.3, -0.25) is 5.01 Å². The second-order valence-corrected chi connectivity index (χ2v) is 4.92. The third-order valence-corrected chi connectivity index (χ3v) is 3.64. The van der Waals surface area contributed by atoms with E-state index in [0.717, 1.165) is 22.1 Å². The van der Waals surface area contributed by atoms with Crippen LogP contribution in [-0.2, 0) is 0 Å². The largest absolute Gasteiger partial charge is 0.254 e. The van der Waals surface area contributed by atoms with E-state index in [9.17, 15) is 0 Å². The monoisotopic (exact) mass is 267 g/mol. The number of rotatable bonds is 3. The van der Waals surface area contributed by atoms with E-state index in [1.54, 1.807) is 5.01 Å². The zero-order valence-electron chi connectivity index (χ0n) is 10.2. The maximum absolute atomic E-state index is 6.09. The third kappa shape index (κ3) is 2.50. The summed E-state index contributed by atoms with van der Waals surface area (Å²) in [7, 11) is 0. The van der Waals surface area contributed by atoms with E-state index in [-0.39, 0.29) is 0 Å². The lowest BCUT2D eigenvalue weighted by Crippen LogP contribution is -2.24. The Morgan fingerprint density at radius 2 is 1.53 bits per heavy atom. The summed E-state index contributed by atoms with van der Waals surface area (Å²) in [5.74, 6) is 6.09. The van der Waals surface area contributed by atoms with Gasteiger partial charge in [-0.1, -0.05) is 48.5 Å². The van der Waals surface area contributed by atoms with Gasteiger partial charge in [0.05, 0.1) is 11.4 Å². The highest BCUT2D eigenvalue weighted by atomic mass is 32.1. The molecule has 2 aromatic carbocycles. The molecule has 0 amide bonds. The van der Waals surface area contributed by atoms with Crippen LogP contribution in [0.3, 0.4) is 0 Å². The Balaban J connectivity index is 1.90. The predicted molar refractivity (Wildman–Crippen MR) is 80.3 cm³/mol. The van der Waals surface area contributed by atoms with Gasteiger partial charge in [0.25, 0.3) is 0 Å². The van der Waals surface area contributed by atoms with Crippen molar-refractivity contribution in [2.24, 2.45) is 5.84 Å². The van der Waals surface area contributed by atoms with E-state index in [1.807, 2.05) is 66.0 Å². The lowest BCUT2D eigenvalue weighted by molar-refractivity contribution is 1.07. The van der Waals surface area contributed by atoms with Crippen LogP contribution in [0, 0.1) is 0 Å². The highest BCUT2D eigenvalue weighted by Crippen LogP contribution is 2.29. The molecular formula is C15H13N3S. The first-order chi connectivity index (χ1) is 9.34. The third-order valence-electron chi connectivity index (χ3n) is 2.80. The molecule has 3 rings (SSSR count). The van der Waals surface area contributed by atoms with E-state index < -0.39 is 0 Å². The Labute approximate surface area is 115 Å². The minimum atomic E-state index is 0.782. The number of benzene rings is 2. The molecule has 19 heavy (non-hydrogen) atoms. The SMILES string of the molecule is NN(c1ccccc1)c1nc(-c2ccccc2)cs1. The Morgan fingerprint density at radius 1 is 0.895 bits per heavy atom. The number of nitrogens with zero attached hydrogens (tertiary/aromatic N) is 2. The van der Waals surface area contributed by atoms with Gasteiger partial charge in [-0.15, -0.1) is 11.3 Å². The molecule has 0 spiro atoms. The second-order valence-electron chi connectivity index (χ2n) is 4.09. The van der Waals surface area contributed by atoms with Gasteiger partial charge in [0.1, 0.15) is 0 Å². The van der Waals surface area contributed by atoms with E-state index in [1.165, 1.54) is 11.3 Å². The summed E-state index contributed by atoms with van der Waals surface area (Å²) < 4.78 is 0. The van der Waals surface area contributed by atoms with Crippen LogP contribution in [0.4, 0.5) is 10.8 Å². The molecule has 0 fully saturated rings. The van der Waals surface area contributed by atoms with E-state index >= 15 is 0 Å². The minimum absolute atomic E-state index is 0.782.